The molecule has 0 spiro atoms. The Morgan fingerprint density at radius 1 is 1.50 bits per heavy atom. The molecule has 0 fully saturated rings. The second-order valence-electron chi connectivity index (χ2n) is 3.06. The summed E-state index contributed by atoms with van der Waals surface area (Å²) in [6, 6.07) is 4.28. The third-order valence-corrected chi connectivity index (χ3v) is 2.36. The molecule has 0 atom stereocenters. The van der Waals surface area contributed by atoms with Crippen molar-refractivity contribution in [1.29, 1.82) is 0 Å². The van der Waals surface area contributed by atoms with Crippen LogP contribution >= 0.6 is 11.6 Å². The van der Waals surface area contributed by atoms with Crippen LogP contribution in [0.25, 0.3) is 11.4 Å². The normalized spacial score (nSPS) is 10.4. The maximum absolute atomic E-state index is 10.7. The highest BCUT2D eigenvalue weighted by molar-refractivity contribution is 6.33. The van der Waals surface area contributed by atoms with Gasteiger partial charge in [0.2, 0.25) is 0 Å². The van der Waals surface area contributed by atoms with Crippen molar-refractivity contribution < 1.29 is 10.1 Å². The fraction of sp³-hybridized carbons (Fsp3) is 0.125. The van der Waals surface area contributed by atoms with Crippen molar-refractivity contribution in [2.24, 2.45) is 7.05 Å². The first-order valence-electron chi connectivity index (χ1n) is 4.28. The topological polar surface area (TPSA) is 83.9 Å². The van der Waals surface area contributed by atoms with E-state index in [-0.39, 0.29) is 10.6 Å². The van der Waals surface area contributed by atoms with Crippen LogP contribution in [0, 0.1) is 4.91 Å². The largest absolute Gasteiger partial charge is 0.317 e. The van der Waals surface area contributed by atoms with Crippen molar-refractivity contribution in [2.45, 2.75) is 0 Å². The molecule has 0 radical (unpaired) electrons. The molecule has 0 saturated heterocycles. The molecule has 0 aliphatic heterocycles. The lowest BCUT2D eigenvalue weighted by Gasteiger charge is -2.00. The first-order chi connectivity index (χ1) is 7.59. The zero-order valence-corrected chi connectivity index (χ0v) is 8.96. The summed E-state index contributed by atoms with van der Waals surface area (Å²) in [5, 5.41) is 20.1. The lowest BCUT2D eigenvalue weighted by Crippen LogP contribution is -1.97. The van der Waals surface area contributed by atoms with Gasteiger partial charge < -0.3 is 0 Å². The smallest absolute Gasteiger partial charge is 0.241 e. The molecule has 1 aromatic heterocycles. The summed E-state index contributed by atoms with van der Waals surface area (Å²) < 4.78 is 1.41. The van der Waals surface area contributed by atoms with Crippen molar-refractivity contribution in [2.75, 3.05) is 0 Å². The van der Waals surface area contributed by atoms with E-state index in [1.807, 2.05) is 0 Å². The number of hydrogen-bond acceptors (Lipinski definition) is 4. The molecule has 0 aliphatic carbocycles. The van der Waals surface area contributed by atoms with Crippen molar-refractivity contribution in [3.05, 3.63) is 28.1 Å². The number of halogens is 1. The molecule has 7 nitrogen and oxygen atoms in total. The summed E-state index contributed by atoms with van der Waals surface area (Å²) in [6.45, 7) is 0. The average Bonchev–Trinajstić information content (AvgIpc) is 2.65. The number of aromatic nitrogens is 4. The maximum atomic E-state index is 10.7. The number of tetrazole rings is 1. The number of benzene rings is 1. The summed E-state index contributed by atoms with van der Waals surface area (Å²) >= 11 is 5.95. The molecular formula is C8H7ClN5O2+. The Bertz CT molecular complexity index is 553. The standard InChI is InChI=1S/C8H7ClN5O2/c1-13-8(10-11-12-13)6-4-5(14(15)16)2-3-7(6)9/h2-4H,1H3,(H,15,16)/q+1. The fourth-order valence-electron chi connectivity index (χ4n) is 1.26. The Balaban J connectivity index is 2.60. The van der Waals surface area contributed by atoms with Crippen LogP contribution in [0.4, 0.5) is 5.69 Å². The van der Waals surface area contributed by atoms with Crippen LogP contribution in [0.15, 0.2) is 18.2 Å². The van der Waals surface area contributed by atoms with Crippen LogP contribution in [-0.4, -0.2) is 30.3 Å². The van der Waals surface area contributed by atoms with Crippen molar-refractivity contribution in [3.63, 3.8) is 0 Å². The minimum absolute atomic E-state index is 0.0578. The molecule has 0 saturated carbocycles. The first-order valence-corrected chi connectivity index (χ1v) is 4.66. The molecule has 1 N–H and O–H groups in total. The highest BCUT2D eigenvalue weighted by atomic mass is 35.5. The molecule has 0 unspecified atom stereocenters. The van der Waals surface area contributed by atoms with E-state index < -0.39 is 0 Å². The van der Waals surface area contributed by atoms with Gasteiger partial charge in [0.1, 0.15) is 0 Å². The van der Waals surface area contributed by atoms with Gasteiger partial charge in [-0.25, -0.2) is 9.89 Å². The van der Waals surface area contributed by atoms with E-state index in [2.05, 4.69) is 15.5 Å². The number of aryl methyl sites for hydroxylation is 1. The van der Waals surface area contributed by atoms with E-state index in [1.165, 1.54) is 22.9 Å². The third kappa shape index (κ3) is 1.72. The predicted molar refractivity (Wildman–Crippen MR) is 54.3 cm³/mol. The molecule has 1 aromatic carbocycles. The summed E-state index contributed by atoms with van der Waals surface area (Å²) in [5.41, 5.74) is 0.531. The SMILES string of the molecule is Cn1nnnc1-c1cc([N+](=O)O)ccc1Cl. The van der Waals surface area contributed by atoms with Gasteiger partial charge in [-0.2, -0.15) is 0 Å². The van der Waals surface area contributed by atoms with Crippen molar-refractivity contribution in [1.82, 2.24) is 20.2 Å². The van der Waals surface area contributed by atoms with Crippen LogP contribution in [0.3, 0.4) is 0 Å². The predicted octanol–water partition coefficient (Wildman–Crippen LogP) is 1.33. The Labute approximate surface area is 94.8 Å². The quantitative estimate of drug-likeness (QED) is 0.801. The number of nitrogens with zero attached hydrogens (tertiary/aromatic N) is 5. The van der Waals surface area contributed by atoms with Gasteiger partial charge in [-0.05, 0) is 16.5 Å². The van der Waals surface area contributed by atoms with E-state index in [4.69, 9.17) is 16.8 Å². The van der Waals surface area contributed by atoms with Gasteiger partial charge in [0.15, 0.2) is 5.82 Å². The Morgan fingerprint density at radius 3 is 2.81 bits per heavy atom. The Hall–Kier alpha value is -2.02. The van der Waals surface area contributed by atoms with Gasteiger partial charge in [-0.3, -0.25) is 0 Å². The lowest BCUT2D eigenvalue weighted by molar-refractivity contribution is -0.729. The summed E-state index contributed by atoms with van der Waals surface area (Å²) in [4.78, 5) is 10.5. The van der Waals surface area contributed by atoms with E-state index in [9.17, 15) is 4.91 Å². The molecule has 2 rings (SSSR count). The van der Waals surface area contributed by atoms with Crippen LogP contribution in [0.1, 0.15) is 0 Å². The molecule has 2 aromatic rings. The van der Waals surface area contributed by atoms with Crippen LogP contribution in [0.2, 0.25) is 5.02 Å². The molecule has 1 heterocycles. The molecule has 8 heteroatoms. The lowest BCUT2D eigenvalue weighted by atomic mass is 10.2. The van der Waals surface area contributed by atoms with E-state index >= 15 is 0 Å². The minimum atomic E-state index is -0.246. The second kappa shape index (κ2) is 3.86. The van der Waals surface area contributed by atoms with Gasteiger partial charge in [0, 0.05) is 24.7 Å². The van der Waals surface area contributed by atoms with Gasteiger partial charge in [-0.1, -0.05) is 11.6 Å². The average molecular weight is 241 g/mol. The molecule has 82 valence electrons. The van der Waals surface area contributed by atoms with Crippen molar-refractivity contribution >= 4 is 17.3 Å². The molecule has 16 heavy (non-hydrogen) atoms. The van der Waals surface area contributed by atoms with Gasteiger partial charge in [-0.15, -0.1) is 5.10 Å². The molecular weight excluding hydrogens is 234 g/mol. The summed E-state index contributed by atoms with van der Waals surface area (Å²) in [6.07, 6.45) is 0. The van der Waals surface area contributed by atoms with Crippen LogP contribution in [0.5, 0.6) is 0 Å². The zero-order valence-electron chi connectivity index (χ0n) is 8.20. The fourth-order valence-corrected chi connectivity index (χ4v) is 1.46. The first kappa shape index (κ1) is 10.5. The van der Waals surface area contributed by atoms with E-state index in [0.29, 0.717) is 16.4 Å². The molecule has 0 amide bonds. The monoisotopic (exact) mass is 240 g/mol. The molecule has 0 bridgehead atoms. The van der Waals surface area contributed by atoms with E-state index in [0.717, 1.165) is 0 Å². The number of hydrogen-bond donors (Lipinski definition) is 1. The minimum Gasteiger partial charge on any atom is -0.241 e. The van der Waals surface area contributed by atoms with Gasteiger partial charge in [0.25, 0.3) is 4.92 Å². The summed E-state index contributed by atoms with van der Waals surface area (Å²) in [7, 11) is 1.65. The van der Waals surface area contributed by atoms with Crippen LogP contribution in [-0.2, 0) is 7.05 Å². The third-order valence-electron chi connectivity index (χ3n) is 2.03. The highest BCUT2D eigenvalue weighted by Gasteiger charge is 2.18. The van der Waals surface area contributed by atoms with Gasteiger partial charge >= 0.3 is 5.69 Å². The number of rotatable bonds is 2. The second-order valence-corrected chi connectivity index (χ2v) is 3.47. The van der Waals surface area contributed by atoms with E-state index in [1.54, 1.807) is 7.05 Å². The summed E-state index contributed by atoms with van der Waals surface area (Å²) in [5.74, 6) is 0.411. The molecule has 0 aliphatic rings. The highest BCUT2D eigenvalue weighted by Crippen LogP contribution is 2.28. The Morgan fingerprint density at radius 2 is 2.25 bits per heavy atom. The maximum Gasteiger partial charge on any atom is 0.317 e. The van der Waals surface area contributed by atoms with Crippen molar-refractivity contribution in [3.8, 4) is 11.4 Å². The zero-order chi connectivity index (χ0) is 11.7. The van der Waals surface area contributed by atoms with Gasteiger partial charge in [0.05, 0.1) is 9.93 Å². The Kier molecular flexibility index (Phi) is 2.53. The van der Waals surface area contributed by atoms with Crippen LogP contribution < -0.4 is 0 Å².